The number of nitriles is 1. The minimum absolute atomic E-state index is 0.0277. The summed E-state index contributed by atoms with van der Waals surface area (Å²) in [6, 6.07) is 7.10. The third-order valence-electron chi connectivity index (χ3n) is 2.91. The Labute approximate surface area is 105 Å². The Morgan fingerprint density at radius 2 is 2.35 bits per heavy atom. The molecule has 1 aliphatic heterocycles. The first-order valence-electron chi connectivity index (χ1n) is 5.38. The maximum Gasteiger partial charge on any atom is 0.242 e. The number of anilines is 1. The number of benzene rings is 1. The van der Waals surface area contributed by atoms with E-state index in [4.69, 9.17) is 16.9 Å². The van der Waals surface area contributed by atoms with Crippen LogP contribution in [0.4, 0.5) is 5.69 Å². The Morgan fingerprint density at radius 1 is 1.59 bits per heavy atom. The van der Waals surface area contributed by atoms with Gasteiger partial charge in [-0.2, -0.15) is 5.26 Å². The molecule has 0 spiro atoms. The van der Waals surface area contributed by atoms with Gasteiger partial charge >= 0.3 is 0 Å². The zero-order valence-electron chi connectivity index (χ0n) is 9.40. The maximum absolute atomic E-state index is 11.6. The van der Waals surface area contributed by atoms with E-state index in [1.807, 2.05) is 17.9 Å². The highest BCUT2D eigenvalue weighted by molar-refractivity contribution is 6.32. The Morgan fingerprint density at radius 3 is 3.06 bits per heavy atom. The molecule has 1 saturated heterocycles. The Bertz CT molecular complexity index is 495. The van der Waals surface area contributed by atoms with E-state index in [0.29, 0.717) is 23.7 Å². The highest BCUT2D eigenvalue weighted by Gasteiger charge is 2.27. The number of nitrogens with one attached hydrogen (secondary N) is 1. The van der Waals surface area contributed by atoms with Gasteiger partial charge in [0, 0.05) is 13.1 Å². The largest absolute Gasteiger partial charge is 0.357 e. The molecule has 1 fully saturated rings. The zero-order valence-corrected chi connectivity index (χ0v) is 10.2. The van der Waals surface area contributed by atoms with Gasteiger partial charge in [-0.3, -0.25) is 4.79 Å². The van der Waals surface area contributed by atoms with Crippen LogP contribution in [-0.2, 0) is 4.79 Å². The molecule has 0 saturated carbocycles. The average molecular weight is 250 g/mol. The first-order chi connectivity index (χ1) is 8.15. The molecule has 17 heavy (non-hydrogen) atoms. The van der Waals surface area contributed by atoms with Crippen LogP contribution in [-0.4, -0.2) is 25.0 Å². The molecule has 1 aliphatic rings. The van der Waals surface area contributed by atoms with E-state index in [2.05, 4.69) is 11.4 Å². The van der Waals surface area contributed by atoms with Gasteiger partial charge in [0.05, 0.1) is 16.3 Å². The number of halogens is 1. The smallest absolute Gasteiger partial charge is 0.242 e. The van der Waals surface area contributed by atoms with Crippen molar-refractivity contribution in [1.82, 2.24) is 5.32 Å². The van der Waals surface area contributed by atoms with Gasteiger partial charge in [0.2, 0.25) is 5.91 Å². The van der Waals surface area contributed by atoms with Crippen LogP contribution in [0.2, 0.25) is 5.02 Å². The molecule has 1 amide bonds. The zero-order chi connectivity index (χ0) is 12.4. The van der Waals surface area contributed by atoms with Crippen LogP contribution >= 0.6 is 11.6 Å². The molecule has 1 heterocycles. The first-order valence-corrected chi connectivity index (χ1v) is 5.76. The number of nitrogens with zero attached hydrogens (tertiary/aromatic N) is 2. The fourth-order valence-electron chi connectivity index (χ4n) is 1.97. The fraction of sp³-hybridized carbons (Fsp3) is 0.333. The van der Waals surface area contributed by atoms with E-state index in [9.17, 15) is 4.79 Å². The molecule has 1 aromatic carbocycles. The molecular formula is C12H12ClN3O. The summed E-state index contributed by atoms with van der Waals surface area (Å²) < 4.78 is 0. The van der Waals surface area contributed by atoms with Crippen molar-refractivity contribution in [3.8, 4) is 6.07 Å². The lowest BCUT2D eigenvalue weighted by atomic mass is 10.1. The number of hydrogen-bond donors (Lipinski definition) is 1. The highest BCUT2D eigenvalue weighted by Crippen LogP contribution is 2.28. The van der Waals surface area contributed by atoms with Gasteiger partial charge in [-0.25, -0.2) is 0 Å². The predicted molar refractivity (Wildman–Crippen MR) is 66.0 cm³/mol. The van der Waals surface area contributed by atoms with Gasteiger partial charge < -0.3 is 10.2 Å². The first kappa shape index (κ1) is 11.7. The maximum atomic E-state index is 11.6. The Balaban J connectivity index is 2.43. The molecule has 1 aromatic rings. The Hall–Kier alpha value is -1.73. The third kappa shape index (κ3) is 2.06. The summed E-state index contributed by atoms with van der Waals surface area (Å²) in [5.74, 6) is -0.0277. The quantitative estimate of drug-likeness (QED) is 0.821. The molecule has 1 atom stereocenters. The normalized spacial score (nSPS) is 19.7. The molecule has 0 bridgehead atoms. The molecule has 0 aliphatic carbocycles. The monoisotopic (exact) mass is 249 g/mol. The van der Waals surface area contributed by atoms with Gasteiger partial charge in [-0.1, -0.05) is 17.7 Å². The molecule has 1 unspecified atom stereocenters. The van der Waals surface area contributed by atoms with E-state index >= 15 is 0 Å². The minimum atomic E-state index is -0.283. The molecule has 5 heteroatoms. The summed E-state index contributed by atoms with van der Waals surface area (Å²) in [7, 11) is 0. The van der Waals surface area contributed by atoms with E-state index in [-0.39, 0.29) is 11.9 Å². The van der Waals surface area contributed by atoms with Crippen molar-refractivity contribution >= 4 is 23.2 Å². The Kier molecular flexibility index (Phi) is 3.21. The second kappa shape index (κ2) is 4.64. The molecule has 2 rings (SSSR count). The van der Waals surface area contributed by atoms with Crippen molar-refractivity contribution in [3.05, 3.63) is 28.8 Å². The van der Waals surface area contributed by atoms with Crippen LogP contribution in [0.3, 0.4) is 0 Å². The van der Waals surface area contributed by atoms with Crippen molar-refractivity contribution in [1.29, 1.82) is 5.26 Å². The van der Waals surface area contributed by atoms with Gasteiger partial charge in [-0.15, -0.1) is 0 Å². The second-order valence-corrected chi connectivity index (χ2v) is 4.31. The topological polar surface area (TPSA) is 56.1 Å². The summed E-state index contributed by atoms with van der Waals surface area (Å²) in [6.45, 7) is 3.08. The minimum Gasteiger partial charge on any atom is -0.357 e. The lowest BCUT2D eigenvalue weighted by molar-refractivity contribution is -0.122. The molecule has 88 valence electrons. The summed E-state index contributed by atoms with van der Waals surface area (Å²) in [5.41, 5.74) is 1.15. The predicted octanol–water partition coefficient (Wildman–Crippen LogP) is 1.54. The van der Waals surface area contributed by atoms with Crippen molar-refractivity contribution in [3.63, 3.8) is 0 Å². The van der Waals surface area contributed by atoms with E-state index in [1.54, 1.807) is 12.1 Å². The third-order valence-corrected chi connectivity index (χ3v) is 3.23. The number of rotatable bonds is 1. The number of carbonyl (C=O) groups is 1. The average Bonchev–Trinajstić information content (AvgIpc) is 2.32. The second-order valence-electron chi connectivity index (χ2n) is 3.91. The van der Waals surface area contributed by atoms with E-state index in [0.717, 1.165) is 5.69 Å². The summed E-state index contributed by atoms with van der Waals surface area (Å²) in [4.78, 5) is 13.5. The lowest BCUT2D eigenvalue weighted by Gasteiger charge is -2.35. The molecular weight excluding hydrogens is 238 g/mol. The summed E-state index contributed by atoms with van der Waals surface area (Å²) >= 11 is 5.98. The van der Waals surface area contributed by atoms with Crippen molar-refractivity contribution in [2.45, 2.75) is 13.0 Å². The number of carbonyl (C=O) groups excluding carboxylic acids is 1. The van der Waals surface area contributed by atoms with Crippen LogP contribution in [0.5, 0.6) is 0 Å². The number of hydrogen-bond acceptors (Lipinski definition) is 3. The number of piperazine rings is 1. The fourth-order valence-corrected chi connectivity index (χ4v) is 2.19. The lowest BCUT2D eigenvalue weighted by Crippen LogP contribution is -2.54. The van der Waals surface area contributed by atoms with Gasteiger partial charge in [0.15, 0.2) is 0 Å². The molecule has 1 N–H and O–H groups in total. The van der Waals surface area contributed by atoms with Crippen molar-refractivity contribution < 1.29 is 4.79 Å². The van der Waals surface area contributed by atoms with Gasteiger partial charge in [0.25, 0.3) is 0 Å². The number of amides is 1. The van der Waals surface area contributed by atoms with Crippen molar-refractivity contribution in [2.24, 2.45) is 0 Å². The SMILES string of the molecule is CC1C(=O)NCCN1c1cccc(Cl)c1C#N. The summed E-state index contributed by atoms with van der Waals surface area (Å²) in [6.07, 6.45) is 0. The van der Waals surface area contributed by atoms with Crippen molar-refractivity contribution in [2.75, 3.05) is 18.0 Å². The van der Waals surface area contributed by atoms with Crippen LogP contribution in [0.15, 0.2) is 18.2 Å². The highest BCUT2D eigenvalue weighted by atomic mass is 35.5. The molecule has 4 nitrogen and oxygen atoms in total. The van der Waals surface area contributed by atoms with Crippen LogP contribution in [0.25, 0.3) is 0 Å². The molecule has 0 radical (unpaired) electrons. The standard InChI is InChI=1S/C12H12ClN3O/c1-8-12(17)15-5-6-16(8)11-4-2-3-10(13)9(11)7-14/h2-4,8H,5-6H2,1H3,(H,15,17). The van der Waals surface area contributed by atoms with Gasteiger partial charge in [0.1, 0.15) is 12.1 Å². The van der Waals surface area contributed by atoms with Gasteiger partial charge in [-0.05, 0) is 19.1 Å². The summed E-state index contributed by atoms with van der Waals surface area (Å²) in [5, 5.41) is 12.3. The van der Waals surface area contributed by atoms with Crippen LogP contribution in [0.1, 0.15) is 12.5 Å². The van der Waals surface area contributed by atoms with Crippen LogP contribution < -0.4 is 10.2 Å². The van der Waals surface area contributed by atoms with E-state index < -0.39 is 0 Å². The van der Waals surface area contributed by atoms with Crippen LogP contribution in [0, 0.1) is 11.3 Å². The van der Waals surface area contributed by atoms with E-state index in [1.165, 1.54) is 0 Å². The molecule has 0 aromatic heterocycles.